The second kappa shape index (κ2) is 3.22. The van der Waals surface area contributed by atoms with Crippen LogP contribution in [-0.2, 0) is 9.53 Å². The fourth-order valence-electron chi connectivity index (χ4n) is 0.981. The van der Waals surface area contributed by atoms with E-state index >= 15 is 0 Å². The SMILES string of the molecule is O=CC1NN=C(c2ccncc2)O1. The van der Waals surface area contributed by atoms with Gasteiger partial charge in [-0.25, -0.2) is 0 Å². The number of aldehydes is 1. The highest BCUT2D eigenvalue weighted by Crippen LogP contribution is 2.06. The van der Waals surface area contributed by atoms with Crippen LogP contribution in [0.2, 0.25) is 0 Å². The van der Waals surface area contributed by atoms with E-state index in [1.807, 2.05) is 0 Å². The van der Waals surface area contributed by atoms with Gasteiger partial charge in [-0.05, 0) is 12.1 Å². The Bertz CT molecular complexity index is 337. The Morgan fingerprint density at radius 3 is 2.85 bits per heavy atom. The van der Waals surface area contributed by atoms with Crippen molar-refractivity contribution in [2.45, 2.75) is 6.23 Å². The largest absolute Gasteiger partial charge is 0.444 e. The van der Waals surface area contributed by atoms with E-state index in [2.05, 4.69) is 15.5 Å². The van der Waals surface area contributed by atoms with Crippen molar-refractivity contribution >= 4 is 12.2 Å². The molecule has 0 amide bonds. The van der Waals surface area contributed by atoms with Crippen molar-refractivity contribution in [3.63, 3.8) is 0 Å². The number of pyridine rings is 1. The highest BCUT2D eigenvalue weighted by atomic mass is 16.5. The summed E-state index contributed by atoms with van der Waals surface area (Å²) in [6, 6.07) is 3.52. The van der Waals surface area contributed by atoms with E-state index in [4.69, 9.17) is 4.74 Å². The minimum absolute atomic E-state index is 0.416. The van der Waals surface area contributed by atoms with E-state index in [0.717, 1.165) is 5.56 Å². The van der Waals surface area contributed by atoms with Gasteiger partial charge in [0.25, 0.3) is 0 Å². The first kappa shape index (κ1) is 7.72. The van der Waals surface area contributed by atoms with E-state index < -0.39 is 6.23 Å². The lowest BCUT2D eigenvalue weighted by molar-refractivity contribution is -0.114. The summed E-state index contributed by atoms with van der Waals surface area (Å²) in [4.78, 5) is 14.2. The van der Waals surface area contributed by atoms with Crippen molar-refractivity contribution < 1.29 is 9.53 Å². The molecule has 0 saturated carbocycles. The van der Waals surface area contributed by atoms with Gasteiger partial charge in [-0.2, -0.15) is 0 Å². The number of hydrogen-bond acceptors (Lipinski definition) is 5. The fourth-order valence-corrected chi connectivity index (χ4v) is 0.981. The molecule has 1 unspecified atom stereocenters. The molecule has 1 aromatic heterocycles. The Morgan fingerprint density at radius 1 is 1.46 bits per heavy atom. The Balaban J connectivity index is 2.17. The smallest absolute Gasteiger partial charge is 0.242 e. The van der Waals surface area contributed by atoms with Crippen LogP contribution in [0.5, 0.6) is 0 Å². The molecule has 0 aliphatic carbocycles. The first-order valence-electron chi connectivity index (χ1n) is 3.76. The number of nitrogens with zero attached hydrogens (tertiary/aromatic N) is 2. The molecular formula is C8H7N3O2. The third kappa shape index (κ3) is 1.48. The maximum absolute atomic E-state index is 10.3. The second-order valence-corrected chi connectivity index (χ2v) is 2.46. The minimum atomic E-state index is -0.664. The molecule has 0 aromatic carbocycles. The van der Waals surface area contributed by atoms with Crippen LogP contribution in [0.4, 0.5) is 0 Å². The van der Waals surface area contributed by atoms with E-state index in [9.17, 15) is 4.79 Å². The summed E-state index contributed by atoms with van der Waals surface area (Å²) < 4.78 is 5.14. The molecule has 2 heterocycles. The van der Waals surface area contributed by atoms with Gasteiger partial charge in [0.2, 0.25) is 12.1 Å². The lowest BCUT2D eigenvalue weighted by Gasteiger charge is -2.02. The zero-order valence-corrected chi connectivity index (χ0v) is 6.68. The number of nitrogens with one attached hydrogen (secondary N) is 1. The number of carbonyl (C=O) groups excluding carboxylic acids is 1. The van der Waals surface area contributed by atoms with Crippen LogP contribution in [0, 0.1) is 0 Å². The van der Waals surface area contributed by atoms with Crippen molar-refractivity contribution in [2.24, 2.45) is 5.10 Å². The monoisotopic (exact) mass is 177 g/mol. The molecule has 1 atom stereocenters. The van der Waals surface area contributed by atoms with Crippen LogP contribution >= 0.6 is 0 Å². The van der Waals surface area contributed by atoms with E-state index in [-0.39, 0.29) is 0 Å². The van der Waals surface area contributed by atoms with Gasteiger partial charge >= 0.3 is 0 Å². The van der Waals surface area contributed by atoms with Crippen molar-refractivity contribution in [1.82, 2.24) is 10.4 Å². The van der Waals surface area contributed by atoms with E-state index in [1.165, 1.54) is 0 Å². The third-order valence-corrected chi connectivity index (χ3v) is 1.58. The van der Waals surface area contributed by atoms with Gasteiger partial charge in [0.05, 0.1) is 0 Å². The molecule has 1 aromatic rings. The van der Waals surface area contributed by atoms with Gasteiger partial charge in [-0.3, -0.25) is 15.2 Å². The molecule has 0 bridgehead atoms. The quantitative estimate of drug-likeness (QED) is 0.640. The molecule has 66 valence electrons. The Morgan fingerprint density at radius 2 is 2.23 bits per heavy atom. The van der Waals surface area contributed by atoms with Gasteiger partial charge < -0.3 is 4.74 Å². The lowest BCUT2D eigenvalue weighted by Crippen LogP contribution is -2.23. The molecule has 5 nitrogen and oxygen atoms in total. The summed E-state index contributed by atoms with van der Waals surface area (Å²) in [6.45, 7) is 0. The number of hydrazone groups is 1. The molecule has 0 saturated heterocycles. The maximum Gasteiger partial charge on any atom is 0.242 e. The minimum Gasteiger partial charge on any atom is -0.444 e. The highest BCUT2D eigenvalue weighted by molar-refractivity contribution is 5.95. The van der Waals surface area contributed by atoms with Crippen LogP contribution in [0.25, 0.3) is 0 Å². The van der Waals surface area contributed by atoms with Gasteiger partial charge in [-0.15, -0.1) is 5.10 Å². The van der Waals surface area contributed by atoms with Crippen LogP contribution in [0.1, 0.15) is 5.56 Å². The molecular weight excluding hydrogens is 170 g/mol. The van der Waals surface area contributed by atoms with E-state index in [0.29, 0.717) is 12.2 Å². The summed E-state index contributed by atoms with van der Waals surface area (Å²) >= 11 is 0. The summed E-state index contributed by atoms with van der Waals surface area (Å²) in [6.07, 6.45) is 3.26. The van der Waals surface area contributed by atoms with Crippen molar-refractivity contribution in [2.75, 3.05) is 0 Å². The Kier molecular flexibility index (Phi) is 1.91. The van der Waals surface area contributed by atoms with Crippen molar-refractivity contribution in [3.05, 3.63) is 30.1 Å². The van der Waals surface area contributed by atoms with Gasteiger partial charge in [0, 0.05) is 18.0 Å². The van der Waals surface area contributed by atoms with E-state index in [1.54, 1.807) is 24.5 Å². The zero-order chi connectivity index (χ0) is 9.10. The summed E-state index contributed by atoms with van der Waals surface area (Å²) in [5.74, 6) is 0.416. The number of ether oxygens (including phenoxy) is 1. The molecule has 13 heavy (non-hydrogen) atoms. The van der Waals surface area contributed by atoms with Crippen molar-refractivity contribution in [1.29, 1.82) is 0 Å². The van der Waals surface area contributed by atoms with Crippen LogP contribution in [-0.4, -0.2) is 23.4 Å². The number of aromatic nitrogens is 1. The molecule has 0 fully saturated rings. The predicted octanol–water partition coefficient (Wildman–Crippen LogP) is -0.112. The highest BCUT2D eigenvalue weighted by Gasteiger charge is 2.18. The average Bonchev–Trinajstić information content (AvgIpc) is 2.67. The van der Waals surface area contributed by atoms with Gasteiger partial charge in [0.15, 0.2) is 6.29 Å². The second-order valence-electron chi connectivity index (χ2n) is 2.46. The van der Waals surface area contributed by atoms with Crippen LogP contribution in [0.3, 0.4) is 0 Å². The summed E-state index contributed by atoms with van der Waals surface area (Å²) in [7, 11) is 0. The fraction of sp³-hybridized carbons (Fsp3) is 0.125. The Labute approximate surface area is 74.4 Å². The molecule has 5 heteroatoms. The van der Waals surface area contributed by atoms with Gasteiger partial charge in [-0.1, -0.05) is 0 Å². The first-order valence-corrected chi connectivity index (χ1v) is 3.76. The first-order chi connectivity index (χ1) is 6.40. The molecule has 1 N–H and O–H groups in total. The molecule has 1 aliphatic rings. The maximum atomic E-state index is 10.3. The average molecular weight is 177 g/mol. The molecule has 0 spiro atoms. The number of rotatable bonds is 2. The predicted molar refractivity (Wildman–Crippen MR) is 44.8 cm³/mol. The lowest BCUT2D eigenvalue weighted by atomic mass is 10.3. The van der Waals surface area contributed by atoms with Crippen molar-refractivity contribution in [3.8, 4) is 0 Å². The zero-order valence-electron chi connectivity index (χ0n) is 6.68. The topological polar surface area (TPSA) is 63.6 Å². The summed E-state index contributed by atoms with van der Waals surface area (Å²) in [5.41, 5.74) is 3.33. The molecule has 2 rings (SSSR count). The number of carbonyl (C=O) groups is 1. The normalized spacial score (nSPS) is 20.0. The standard InChI is InChI=1S/C8H7N3O2/c12-5-7-10-11-8(13-7)6-1-3-9-4-2-6/h1-5,7,10H. The number of hydrogen-bond donors (Lipinski definition) is 1. The van der Waals surface area contributed by atoms with Crippen LogP contribution < -0.4 is 5.43 Å². The Hall–Kier alpha value is -1.91. The molecule has 0 radical (unpaired) electrons. The summed E-state index contributed by atoms with van der Waals surface area (Å²) in [5, 5.41) is 3.84. The van der Waals surface area contributed by atoms with Gasteiger partial charge in [0.1, 0.15) is 0 Å². The van der Waals surface area contributed by atoms with Crippen LogP contribution in [0.15, 0.2) is 29.6 Å². The molecule has 1 aliphatic heterocycles. The third-order valence-electron chi connectivity index (χ3n) is 1.58.